The van der Waals surface area contributed by atoms with Crippen molar-refractivity contribution in [1.82, 2.24) is 9.13 Å². The van der Waals surface area contributed by atoms with E-state index in [4.69, 9.17) is 11.0 Å². The molecule has 0 spiro atoms. The standard InChI is InChI=1S/C44H24N4O/c1-46-36-19-11-18-33(42(36)47-37-20-6-2-13-28(37)29-14-3-7-21-38(29)47)32-17-10-12-27(26-45)41(32)48-39-22-8-4-15-30(39)34-24-25-35-31-16-5-9-23-40(31)49-44(35)43(34)48/h2-25H. The van der Waals surface area contributed by atoms with E-state index in [0.717, 1.165) is 88.1 Å². The molecule has 0 saturated heterocycles. The first-order chi connectivity index (χ1) is 24.3. The maximum atomic E-state index is 10.8. The molecule has 7 aromatic carbocycles. The molecular formula is C44H24N4O. The second kappa shape index (κ2) is 10.2. The highest BCUT2D eigenvalue weighted by Gasteiger charge is 2.25. The lowest BCUT2D eigenvalue weighted by molar-refractivity contribution is 0.671. The Morgan fingerprint density at radius 2 is 1.06 bits per heavy atom. The number of rotatable bonds is 3. The Labute approximate surface area is 280 Å². The number of hydrogen-bond donors (Lipinski definition) is 0. The fraction of sp³-hybridized carbons (Fsp3) is 0. The van der Waals surface area contributed by atoms with Crippen LogP contribution >= 0.6 is 0 Å². The van der Waals surface area contributed by atoms with Gasteiger partial charge in [-0.3, -0.25) is 0 Å². The Morgan fingerprint density at radius 3 is 1.73 bits per heavy atom. The van der Waals surface area contributed by atoms with E-state index < -0.39 is 0 Å². The Balaban J connectivity index is 1.39. The molecule has 0 saturated carbocycles. The highest BCUT2D eigenvalue weighted by atomic mass is 16.3. The summed E-state index contributed by atoms with van der Waals surface area (Å²) in [6, 6.07) is 51.6. The third-order valence-corrected chi connectivity index (χ3v) is 9.79. The van der Waals surface area contributed by atoms with Gasteiger partial charge in [0.15, 0.2) is 5.58 Å². The summed E-state index contributed by atoms with van der Waals surface area (Å²) in [5, 5.41) is 17.2. The predicted molar refractivity (Wildman–Crippen MR) is 199 cm³/mol. The number of benzene rings is 7. The number of nitrogens with zero attached hydrogens (tertiary/aromatic N) is 4. The van der Waals surface area contributed by atoms with Gasteiger partial charge in [0.2, 0.25) is 5.69 Å². The first-order valence-electron chi connectivity index (χ1n) is 16.1. The molecule has 5 nitrogen and oxygen atoms in total. The maximum absolute atomic E-state index is 10.8. The Bertz CT molecular complexity index is 3030. The molecule has 0 aliphatic heterocycles. The fourth-order valence-electron chi connectivity index (χ4n) is 7.79. The van der Waals surface area contributed by atoms with Gasteiger partial charge in [0.05, 0.1) is 45.6 Å². The smallest absolute Gasteiger partial charge is 0.211 e. The van der Waals surface area contributed by atoms with Crippen LogP contribution < -0.4 is 0 Å². The second-order valence-electron chi connectivity index (χ2n) is 12.3. The van der Waals surface area contributed by atoms with Crippen LogP contribution in [0.2, 0.25) is 0 Å². The number of aromatic nitrogens is 2. The van der Waals surface area contributed by atoms with Crippen LogP contribution in [0.25, 0.3) is 92.9 Å². The molecule has 0 unspecified atom stereocenters. The zero-order valence-electron chi connectivity index (χ0n) is 26.1. The van der Waals surface area contributed by atoms with Gasteiger partial charge >= 0.3 is 0 Å². The number of furan rings is 1. The lowest BCUT2D eigenvalue weighted by Gasteiger charge is -2.20. The van der Waals surface area contributed by atoms with E-state index in [1.165, 1.54) is 0 Å². The molecule has 0 N–H and O–H groups in total. The van der Waals surface area contributed by atoms with Crippen molar-refractivity contribution >= 4 is 71.2 Å². The number of para-hydroxylation sites is 6. The van der Waals surface area contributed by atoms with Crippen molar-refractivity contribution in [2.75, 3.05) is 0 Å². The van der Waals surface area contributed by atoms with Crippen LogP contribution in [0, 0.1) is 17.9 Å². The minimum Gasteiger partial charge on any atom is -0.454 e. The molecule has 0 aliphatic carbocycles. The van der Waals surface area contributed by atoms with Crippen molar-refractivity contribution in [3.63, 3.8) is 0 Å². The van der Waals surface area contributed by atoms with Gasteiger partial charge in [0.25, 0.3) is 0 Å². The minimum absolute atomic E-state index is 0.523. The van der Waals surface area contributed by atoms with E-state index in [-0.39, 0.29) is 0 Å². The lowest BCUT2D eigenvalue weighted by atomic mass is 9.97. The summed E-state index contributed by atoms with van der Waals surface area (Å²) in [7, 11) is 0. The van der Waals surface area contributed by atoms with Crippen molar-refractivity contribution in [2.45, 2.75) is 0 Å². The number of hydrogen-bond acceptors (Lipinski definition) is 2. The van der Waals surface area contributed by atoms with E-state index >= 15 is 0 Å². The van der Waals surface area contributed by atoms with Crippen molar-refractivity contribution in [1.29, 1.82) is 5.26 Å². The number of fused-ring (bicyclic) bond motifs is 10. The van der Waals surface area contributed by atoms with Gasteiger partial charge < -0.3 is 13.6 Å². The van der Waals surface area contributed by atoms with Crippen LogP contribution in [0.5, 0.6) is 0 Å². The Morgan fingerprint density at radius 1 is 0.510 bits per heavy atom. The van der Waals surface area contributed by atoms with Gasteiger partial charge in [-0.25, -0.2) is 4.85 Å². The highest BCUT2D eigenvalue weighted by Crippen LogP contribution is 2.46. The first-order valence-corrected chi connectivity index (χ1v) is 16.1. The van der Waals surface area contributed by atoms with Gasteiger partial charge in [-0.05, 0) is 42.0 Å². The van der Waals surface area contributed by atoms with E-state index in [1.807, 2.05) is 66.7 Å². The molecule has 0 amide bonds. The molecule has 3 heterocycles. The van der Waals surface area contributed by atoms with Crippen LogP contribution in [-0.2, 0) is 0 Å². The molecule has 0 fully saturated rings. The van der Waals surface area contributed by atoms with E-state index in [1.54, 1.807) is 0 Å². The summed E-state index contributed by atoms with van der Waals surface area (Å²) < 4.78 is 11.1. The average Bonchev–Trinajstić information content (AvgIpc) is 3.82. The zero-order chi connectivity index (χ0) is 32.6. The van der Waals surface area contributed by atoms with Gasteiger partial charge in [0, 0.05) is 37.9 Å². The van der Waals surface area contributed by atoms with Gasteiger partial charge in [-0.1, -0.05) is 109 Å². The van der Waals surface area contributed by atoms with Gasteiger partial charge in [-0.2, -0.15) is 5.26 Å². The highest BCUT2D eigenvalue weighted by molar-refractivity contribution is 6.22. The van der Waals surface area contributed by atoms with E-state index in [9.17, 15) is 5.26 Å². The lowest BCUT2D eigenvalue weighted by Crippen LogP contribution is -2.04. The SMILES string of the molecule is [C-]#[N+]c1cccc(-c2cccc(C#N)c2-n2c3ccccc3c3ccc4c5ccccc5oc4c32)c1-n1c2ccccc2c2ccccc21. The van der Waals surface area contributed by atoms with Crippen LogP contribution in [0.4, 0.5) is 5.69 Å². The molecular weight excluding hydrogens is 601 g/mol. The van der Waals surface area contributed by atoms with Crippen molar-refractivity contribution in [2.24, 2.45) is 0 Å². The average molecular weight is 625 g/mol. The molecule has 226 valence electrons. The largest absolute Gasteiger partial charge is 0.454 e. The summed E-state index contributed by atoms with van der Waals surface area (Å²) in [5.41, 5.74) is 9.75. The zero-order valence-corrected chi connectivity index (χ0v) is 26.1. The summed E-state index contributed by atoms with van der Waals surface area (Å²) in [6.07, 6.45) is 0. The summed E-state index contributed by atoms with van der Waals surface area (Å²) in [6.45, 7) is 8.33. The second-order valence-corrected chi connectivity index (χ2v) is 12.3. The number of nitriles is 1. The van der Waals surface area contributed by atoms with E-state index in [2.05, 4.69) is 98.9 Å². The van der Waals surface area contributed by atoms with Crippen LogP contribution in [0.15, 0.2) is 150 Å². The summed E-state index contributed by atoms with van der Waals surface area (Å²) in [4.78, 5) is 4.07. The molecule has 3 aromatic heterocycles. The third kappa shape index (κ3) is 3.67. The van der Waals surface area contributed by atoms with Crippen molar-refractivity contribution in [3.8, 4) is 28.6 Å². The molecule has 0 bridgehead atoms. The van der Waals surface area contributed by atoms with Crippen LogP contribution in [-0.4, -0.2) is 9.13 Å². The summed E-state index contributed by atoms with van der Waals surface area (Å²) in [5.74, 6) is 0. The van der Waals surface area contributed by atoms with Crippen LogP contribution in [0.3, 0.4) is 0 Å². The van der Waals surface area contributed by atoms with Gasteiger partial charge in [0.1, 0.15) is 11.7 Å². The van der Waals surface area contributed by atoms with Crippen molar-refractivity contribution < 1.29 is 4.42 Å². The Hall–Kier alpha value is -7.08. The summed E-state index contributed by atoms with van der Waals surface area (Å²) >= 11 is 0. The molecule has 10 rings (SSSR count). The quantitative estimate of drug-likeness (QED) is 0.184. The molecule has 10 aromatic rings. The van der Waals surface area contributed by atoms with E-state index in [0.29, 0.717) is 11.3 Å². The molecule has 49 heavy (non-hydrogen) atoms. The fourth-order valence-corrected chi connectivity index (χ4v) is 7.79. The molecule has 5 heteroatoms. The monoisotopic (exact) mass is 624 g/mol. The normalized spacial score (nSPS) is 11.6. The maximum Gasteiger partial charge on any atom is 0.211 e. The molecule has 0 atom stereocenters. The van der Waals surface area contributed by atoms with Gasteiger partial charge in [-0.15, -0.1) is 0 Å². The molecule has 0 radical (unpaired) electrons. The van der Waals surface area contributed by atoms with Crippen LogP contribution in [0.1, 0.15) is 5.56 Å². The third-order valence-electron chi connectivity index (χ3n) is 9.79. The Kier molecular flexibility index (Phi) is 5.64. The minimum atomic E-state index is 0.523. The van der Waals surface area contributed by atoms with Crippen molar-refractivity contribution in [3.05, 3.63) is 163 Å². The molecule has 0 aliphatic rings. The first kappa shape index (κ1) is 27.1. The topological polar surface area (TPSA) is 51.1 Å². The predicted octanol–water partition coefficient (Wildman–Crippen LogP) is 11.9.